The zero-order chi connectivity index (χ0) is 13.3. The zero-order valence-electron chi connectivity index (χ0n) is 8.98. The first-order chi connectivity index (χ1) is 8.47. The molecule has 0 saturated heterocycles. The van der Waals surface area contributed by atoms with Crippen LogP contribution in [0.4, 0.5) is 11.5 Å². The third kappa shape index (κ3) is 2.09. The molecule has 0 fully saturated rings. The summed E-state index contributed by atoms with van der Waals surface area (Å²) in [4.78, 5) is 24.8. The molecule has 0 aliphatic rings. The number of hydrogen-bond acceptors (Lipinski definition) is 6. The van der Waals surface area contributed by atoms with Crippen molar-refractivity contribution in [1.29, 1.82) is 0 Å². The van der Waals surface area contributed by atoms with E-state index in [-0.39, 0.29) is 23.0 Å². The highest BCUT2D eigenvalue weighted by molar-refractivity contribution is 5.90. The Bertz CT molecular complexity index is 635. The second-order valence-electron chi connectivity index (χ2n) is 3.38. The number of hydrogen-bond donors (Lipinski definition) is 2. The molecule has 0 radical (unpaired) electrons. The zero-order valence-corrected chi connectivity index (χ0v) is 8.98. The molecule has 0 bridgehead atoms. The summed E-state index contributed by atoms with van der Waals surface area (Å²) in [7, 11) is 0. The standard InChI is InChI=1S/C9H8N6O3/c10-7-3-5(15(17)18)4-8(12-7)14-2-1-6(13-14)9(11)16/h1-4H,(H2,10,12)(H2,11,16). The SMILES string of the molecule is NC(=O)c1ccn(-c2cc([N+](=O)[O-])cc(N)n2)n1. The van der Waals surface area contributed by atoms with Crippen molar-refractivity contribution in [2.45, 2.75) is 0 Å². The van der Waals surface area contributed by atoms with Gasteiger partial charge in [-0.25, -0.2) is 9.67 Å². The molecule has 0 aliphatic carbocycles. The average Bonchev–Trinajstić information content (AvgIpc) is 2.77. The van der Waals surface area contributed by atoms with E-state index in [0.29, 0.717) is 0 Å². The minimum absolute atomic E-state index is 0.0182. The Hall–Kier alpha value is -2.97. The van der Waals surface area contributed by atoms with Crippen LogP contribution in [0.1, 0.15) is 10.5 Å². The van der Waals surface area contributed by atoms with E-state index in [4.69, 9.17) is 11.5 Å². The number of amides is 1. The summed E-state index contributed by atoms with van der Waals surface area (Å²) in [6.07, 6.45) is 1.41. The number of pyridine rings is 1. The van der Waals surface area contributed by atoms with E-state index in [2.05, 4.69) is 10.1 Å². The first kappa shape index (κ1) is 11.5. The summed E-state index contributed by atoms with van der Waals surface area (Å²) in [5.41, 5.74) is 10.3. The fourth-order valence-corrected chi connectivity index (χ4v) is 1.33. The largest absolute Gasteiger partial charge is 0.383 e. The van der Waals surface area contributed by atoms with Crippen molar-refractivity contribution in [3.8, 4) is 5.82 Å². The fraction of sp³-hybridized carbons (Fsp3) is 0. The van der Waals surface area contributed by atoms with E-state index in [1.165, 1.54) is 23.0 Å². The van der Waals surface area contributed by atoms with Crippen molar-refractivity contribution >= 4 is 17.4 Å². The van der Waals surface area contributed by atoms with Gasteiger partial charge in [0.2, 0.25) is 0 Å². The third-order valence-electron chi connectivity index (χ3n) is 2.10. The van der Waals surface area contributed by atoms with Gasteiger partial charge in [-0.2, -0.15) is 5.10 Å². The van der Waals surface area contributed by atoms with Gasteiger partial charge in [0.25, 0.3) is 11.6 Å². The summed E-state index contributed by atoms with van der Waals surface area (Å²) < 4.78 is 1.18. The first-order valence-electron chi connectivity index (χ1n) is 4.75. The molecule has 0 aromatic carbocycles. The molecule has 9 heteroatoms. The van der Waals surface area contributed by atoms with Crippen molar-refractivity contribution in [2.75, 3.05) is 5.73 Å². The van der Waals surface area contributed by atoms with Crippen LogP contribution in [-0.2, 0) is 0 Å². The highest BCUT2D eigenvalue weighted by Gasteiger charge is 2.13. The van der Waals surface area contributed by atoms with Gasteiger partial charge in [-0.3, -0.25) is 14.9 Å². The number of anilines is 1. The minimum atomic E-state index is -0.702. The molecule has 0 spiro atoms. The molecule has 2 heterocycles. The predicted molar refractivity (Wildman–Crippen MR) is 60.9 cm³/mol. The number of nitro groups is 1. The van der Waals surface area contributed by atoms with Crippen molar-refractivity contribution < 1.29 is 9.72 Å². The number of nitrogens with two attached hydrogens (primary N) is 2. The van der Waals surface area contributed by atoms with Crippen molar-refractivity contribution in [1.82, 2.24) is 14.8 Å². The maximum Gasteiger partial charge on any atom is 0.276 e. The summed E-state index contributed by atoms with van der Waals surface area (Å²) in [6.45, 7) is 0. The van der Waals surface area contributed by atoms with E-state index in [1.807, 2.05) is 0 Å². The lowest BCUT2D eigenvalue weighted by atomic mass is 10.4. The molecule has 18 heavy (non-hydrogen) atoms. The van der Waals surface area contributed by atoms with Gasteiger partial charge in [0.1, 0.15) is 11.5 Å². The summed E-state index contributed by atoms with van der Waals surface area (Å²) in [5, 5.41) is 14.5. The Labute approximate surface area is 100 Å². The molecule has 0 saturated carbocycles. The summed E-state index contributed by atoms with van der Waals surface area (Å²) in [5.74, 6) is -0.586. The van der Waals surface area contributed by atoms with Crippen LogP contribution in [0.25, 0.3) is 5.82 Å². The lowest BCUT2D eigenvalue weighted by molar-refractivity contribution is -0.384. The van der Waals surface area contributed by atoms with Crippen LogP contribution in [0.15, 0.2) is 24.4 Å². The Morgan fingerprint density at radius 2 is 2.17 bits per heavy atom. The van der Waals surface area contributed by atoms with E-state index < -0.39 is 10.8 Å². The number of carbonyl (C=O) groups excluding carboxylic acids is 1. The molecule has 0 unspecified atom stereocenters. The van der Waals surface area contributed by atoms with Gasteiger partial charge in [0, 0.05) is 6.20 Å². The Balaban J connectivity index is 2.49. The van der Waals surface area contributed by atoms with Gasteiger partial charge in [0.05, 0.1) is 17.1 Å². The Kier molecular flexibility index (Phi) is 2.64. The van der Waals surface area contributed by atoms with Crippen LogP contribution >= 0.6 is 0 Å². The fourth-order valence-electron chi connectivity index (χ4n) is 1.33. The monoisotopic (exact) mass is 248 g/mol. The molecule has 92 valence electrons. The number of nitrogens with zero attached hydrogens (tertiary/aromatic N) is 4. The molecule has 4 N–H and O–H groups in total. The second-order valence-corrected chi connectivity index (χ2v) is 3.38. The van der Waals surface area contributed by atoms with Crippen LogP contribution in [-0.4, -0.2) is 25.6 Å². The lowest BCUT2D eigenvalue weighted by Crippen LogP contribution is -2.12. The van der Waals surface area contributed by atoms with E-state index in [0.717, 1.165) is 6.07 Å². The van der Waals surface area contributed by atoms with Gasteiger partial charge in [-0.15, -0.1) is 0 Å². The molecule has 0 aliphatic heterocycles. The van der Waals surface area contributed by atoms with Crippen LogP contribution in [0, 0.1) is 10.1 Å². The Morgan fingerprint density at radius 3 is 2.72 bits per heavy atom. The second kappa shape index (κ2) is 4.13. The van der Waals surface area contributed by atoms with Crippen LogP contribution in [0.3, 0.4) is 0 Å². The number of nitrogen functional groups attached to an aromatic ring is 1. The average molecular weight is 248 g/mol. The molecule has 0 atom stereocenters. The molecule has 2 rings (SSSR count). The third-order valence-corrected chi connectivity index (χ3v) is 2.10. The van der Waals surface area contributed by atoms with E-state index in [1.54, 1.807) is 0 Å². The minimum Gasteiger partial charge on any atom is -0.383 e. The van der Waals surface area contributed by atoms with Gasteiger partial charge < -0.3 is 11.5 Å². The van der Waals surface area contributed by atoms with E-state index >= 15 is 0 Å². The lowest BCUT2D eigenvalue weighted by Gasteiger charge is -2.01. The molecule has 2 aromatic heterocycles. The number of rotatable bonds is 3. The van der Waals surface area contributed by atoms with Crippen LogP contribution in [0.5, 0.6) is 0 Å². The molecule has 2 aromatic rings. The highest BCUT2D eigenvalue weighted by Crippen LogP contribution is 2.17. The predicted octanol–water partition coefficient (Wildman–Crippen LogP) is -0.143. The van der Waals surface area contributed by atoms with Crippen molar-refractivity contribution in [3.63, 3.8) is 0 Å². The normalized spacial score (nSPS) is 10.2. The smallest absolute Gasteiger partial charge is 0.276 e. The van der Waals surface area contributed by atoms with Crippen molar-refractivity contribution in [2.24, 2.45) is 5.73 Å². The van der Waals surface area contributed by atoms with Crippen LogP contribution < -0.4 is 11.5 Å². The molecular formula is C9H8N6O3. The number of carbonyl (C=O) groups is 1. The molecule has 1 amide bonds. The first-order valence-corrected chi connectivity index (χ1v) is 4.75. The van der Waals surface area contributed by atoms with Gasteiger partial charge >= 0.3 is 0 Å². The number of aromatic nitrogens is 3. The summed E-state index contributed by atoms with van der Waals surface area (Å²) in [6, 6.07) is 3.69. The molecule has 9 nitrogen and oxygen atoms in total. The molecular weight excluding hydrogens is 240 g/mol. The topological polar surface area (TPSA) is 143 Å². The van der Waals surface area contributed by atoms with Gasteiger partial charge in [-0.05, 0) is 6.07 Å². The Morgan fingerprint density at radius 1 is 1.44 bits per heavy atom. The maximum atomic E-state index is 10.9. The van der Waals surface area contributed by atoms with Gasteiger partial charge in [0.15, 0.2) is 5.82 Å². The van der Waals surface area contributed by atoms with Crippen LogP contribution in [0.2, 0.25) is 0 Å². The van der Waals surface area contributed by atoms with E-state index in [9.17, 15) is 14.9 Å². The summed E-state index contributed by atoms with van der Waals surface area (Å²) >= 11 is 0. The number of primary amides is 1. The quantitative estimate of drug-likeness (QED) is 0.571. The maximum absolute atomic E-state index is 10.9. The van der Waals surface area contributed by atoms with Crippen molar-refractivity contribution in [3.05, 3.63) is 40.2 Å². The van der Waals surface area contributed by atoms with Gasteiger partial charge in [-0.1, -0.05) is 0 Å². The highest BCUT2D eigenvalue weighted by atomic mass is 16.6.